The molecule has 1 unspecified atom stereocenters. The number of aliphatic hydroxyl groups excluding tert-OH is 1. The number of aromatic nitrogens is 2. The van der Waals surface area contributed by atoms with Gasteiger partial charge in [-0.05, 0) is 19.9 Å². The molecule has 1 atom stereocenters. The molecule has 0 saturated heterocycles. The van der Waals surface area contributed by atoms with E-state index in [2.05, 4.69) is 10.4 Å². The van der Waals surface area contributed by atoms with Crippen LogP contribution in [0.5, 0.6) is 5.75 Å². The summed E-state index contributed by atoms with van der Waals surface area (Å²) in [7, 11) is 1.62. The highest BCUT2D eigenvalue weighted by atomic mass is 16.6. The lowest BCUT2D eigenvalue weighted by atomic mass is 9.93. The van der Waals surface area contributed by atoms with E-state index in [9.17, 15) is 15.2 Å². The van der Waals surface area contributed by atoms with Gasteiger partial charge >= 0.3 is 5.69 Å². The third-order valence-electron chi connectivity index (χ3n) is 3.79. The molecule has 24 heavy (non-hydrogen) atoms. The van der Waals surface area contributed by atoms with Crippen LogP contribution < -0.4 is 10.1 Å². The van der Waals surface area contributed by atoms with Crippen molar-refractivity contribution in [3.63, 3.8) is 0 Å². The van der Waals surface area contributed by atoms with Crippen molar-refractivity contribution in [2.75, 3.05) is 13.7 Å². The van der Waals surface area contributed by atoms with Crippen molar-refractivity contribution in [3.8, 4) is 5.75 Å². The number of methoxy groups -OCH3 is 1. The molecule has 0 amide bonds. The molecule has 2 aromatic rings. The highest BCUT2D eigenvalue weighted by molar-refractivity contribution is 5.38. The van der Waals surface area contributed by atoms with Gasteiger partial charge in [-0.1, -0.05) is 18.2 Å². The Morgan fingerprint density at radius 3 is 2.79 bits per heavy atom. The maximum absolute atomic E-state index is 10.6. The number of aliphatic hydroxyl groups is 1. The minimum atomic E-state index is -0.738. The Morgan fingerprint density at radius 2 is 2.17 bits per heavy atom. The van der Waals surface area contributed by atoms with Crippen LogP contribution in [0, 0.1) is 10.1 Å². The first-order valence-electron chi connectivity index (χ1n) is 7.57. The first kappa shape index (κ1) is 17.9. The second-order valence-electron chi connectivity index (χ2n) is 6.04. The second kappa shape index (κ2) is 7.41. The molecule has 130 valence electrons. The zero-order valence-electron chi connectivity index (χ0n) is 14.0. The van der Waals surface area contributed by atoms with E-state index in [4.69, 9.17) is 4.74 Å². The van der Waals surface area contributed by atoms with Crippen molar-refractivity contribution in [1.82, 2.24) is 15.1 Å². The molecule has 0 aliphatic rings. The Morgan fingerprint density at radius 1 is 1.46 bits per heavy atom. The quantitative estimate of drug-likeness (QED) is 0.562. The van der Waals surface area contributed by atoms with Crippen molar-refractivity contribution >= 4 is 5.69 Å². The van der Waals surface area contributed by atoms with Crippen LogP contribution in [0.25, 0.3) is 0 Å². The number of nitrogens with one attached hydrogen (secondary N) is 1. The lowest BCUT2D eigenvalue weighted by molar-refractivity contribution is -0.385. The van der Waals surface area contributed by atoms with E-state index in [1.54, 1.807) is 7.11 Å². The van der Waals surface area contributed by atoms with Crippen molar-refractivity contribution < 1.29 is 14.8 Å². The third-order valence-corrected chi connectivity index (χ3v) is 3.79. The van der Waals surface area contributed by atoms with Crippen LogP contribution >= 0.6 is 0 Å². The van der Waals surface area contributed by atoms with E-state index < -0.39 is 16.6 Å². The maximum atomic E-state index is 10.6. The van der Waals surface area contributed by atoms with Crippen molar-refractivity contribution in [3.05, 3.63) is 52.3 Å². The number of rotatable bonds is 8. The number of hydrogen-bond donors (Lipinski definition) is 2. The molecule has 2 N–H and O–H groups in total. The monoisotopic (exact) mass is 334 g/mol. The average molecular weight is 334 g/mol. The number of nitrogens with zero attached hydrogens (tertiary/aromatic N) is 3. The molecule has 0 aliphatic carbocycles. The topological polar surface area (TPSA) is 102 Å². The summed E-state index contributed by atoms with van der Waals surface area (Å²) in [4.78, 5) is 10.1. The largest absolute Gasteiger partial charge is 0.496 e. The molecule has 0 aliphatic heterocycles. The van der Waals surface area contributed by atoms with Gasteiger partial charge in [-0.3, -0.25) is 14.8 Å². The summed E-state index contributed by atoms with van der Waals surface area (Å²) in [6.45, 7) is 4.47. The molecule has 1 aromatic carbocycles. The lowest BCUT2D eigenvalue weighted by Crippen LogP contribution is -2.42. The van der Waals surface area contributed by atoms with Gasteiger partial charge in [0.25, 0.3) is 0 Å². The van der Waals surface area contributed by atoms with Gasteiger partial charge in [-0.25, -0.2) is 0 Å². The molecule has 1 aromatic heterocycles. The Kier molecular flexibility index (Phi) is 5.53. The number of hydrogen-bond acceptors (Lipinski definition) is 6. The van der Waals surface area contributed by atoms with Crippen LogP contribution in [0.3, 0.4) is 0 Å². The molecule has 0 fully saturated rings. The number of ether oxygens (including phenoxy) is 1. The molecule has 2 rings (SSSR count). The predicted octanol–water partition coefficient (Wildman–Crippen LogP) is 1.69. The third kappa shape index (κ3) is 4.30. The van der Waals surface area contributed by atoms with Gasteiger partial charge in [0.2, 0.25) is 0 Å². The fourth-order valence-corrected chi connectivity index (χ4v) is 2.46. The zero-order valence-corrected chi connectivity index (χ0v) is 14.0. The van der Waals surface area contributed by atoms with Crippen LogP contribution in [0.4, 0.5) is 5.69 Å². The van der Waals surface area contributed by atoms with Gasteiger partial charge in [-0.15, -0.1) is 0 Å². The SMILES string of the molecule is COc1ccccc1C(C)(C)NCC(O)Cn1cc([N+](=O)[O-])cn1. The maximum Gasteiger partial charge on any atom is 0.306 e. The average Bonchev–Trinajstić information content (AvgIpc) is 3.02. The molecule has 0 saturated carbocycles. The second-order valence-corrected chi connectivity index (χ2v) is 6.04. The van der Waals surface area contributed by atoms with Crippen molar-refractivity contribution in [1.29, 1.82) is 0 Å². The fourth-order valence-electron chi connectivity index (χ4n) is 2.46. The van der Waals surface area contributed by atoms with Crippen LogP contribution in [0.2, 0.25) is 0 Å². The smallest absolute Gasteiger partial charge is 0.306 e. The Bertz CT molecular complexity index is 699. The van der Waals surface area contributed by atoms with Crippen LogP contribution in [-0.4, -0.2) is 39.6 Å². The Hall–Kier alpha value is -2.45. The van der Waals surface area contributed by atoms with Gasteiger partial charge in [0.1, 0.15) is 18.1 Å². The first-order valence-corrected chi connectivity index (χ1v) is 7.57. The molecular weight excluding hydrogens is 312 g/mol. The van der Waals surface area contributed by atoms with Gasteiger partial charge in [0.15, 0.2) is 0 Å². The van der Waals surface area contributed by atoms with E-state index in [1.165, 1.54) is 17.1 Å². The molecule has 0 spiro atoms. The minimum Gasteiger partial charge on any atom is -0.496 e. The normalized spacial score (nSPS) is 12.8. The van der Waals surface area contributed by atoms with Gasteiger partial charge < -0.3 is 15.2 Å². The van der Waals surface area contributed by atoms with Crippen LogP contribution in [0.15, 0.2) is 36.7 Å². The van der Waals surface area contributed by atoms with E-state index in [0.717, 1.165) is 11.3 Å². The Balaban J connectivity index is 1.96. The van der Waals surface area contributed by atoms with Crippen molar-refractivity contribution in [2.24, 2.45) is 0 Å². The fraction of sp³-hybridized carbons (Fsp3) is 0.438. The molecule has 8 heteroatoms. The summed E-state index contributed by atoms with van der Waals surface area (Å²) in [5.74, 6) is 0.771. The van der Waals surface area contributed by atoms with E-state index in [1.807, 2.05) is 38.1 Å². The molecule has 0 bridgehead atoms. The van der Waals surface area contributed by atoms with E-state index in [0.29, 0.717) is 6.54 Å². The molecule has 8 nitrogen and oxygen atoms in total. The van der Waals surface area contributed by atoms with Crippen LogP contribution in [-0.2, 0) is 12.1 Å². The summed E-state index contributed by atoms with van der Waals surface area (Å²) in [5, 5.41) is 28.0. The minimum absolute atomic E-state index is 0.0930. The molecule has 1 heterocycles. The highest BCUT2D eigenvalue weighted by Gasteiger charge is 2.24. The summed E-state index contributed by atoms with van der Waals surface area (Å²) in [6.07, 6.45) is 1.73. The number of benzene rings is 1. The number of para-hydroxylation sites is 1. The summed E-state index contributed by atoms with van der Waals surface area (Å²) in [6, 6.07) is 7.69. The van der Waals surface area contributed by atoms with Crippen LogP contribution in [0.1, 0.15) is 19.4 Å². The van der Waals surface area contributed by atoms with Crippen molar-refractivity contribution in [2.45, 2.75) is 32.0 Å². The molecular formula is C16H22N4O4. The zero-order chi connectivity index (χ0) is 17.7. The molecule has 0 radical (unpaired) electrons. The summed E-state index contributed by atoms with van der Waals surface area (Å²) in [5.41, 5.74) is 0.475. The predicted molar refractivity (Wildman–Crippen MR) is 88.9 cm³/mol. The Labute approximate surface area is 140 Å². The first-order chi connectivity index (χ1) is 11.3. The van der Waals surface area contributed by atoms with E-state index in [-0.39, 0.29) is 12.2 Å². The van der Waals surface area contributed by atoms with E-state index >= 15 is 0 Å². The number of nitro groups is 1. The van der Waals surface area contributed by atoms with Gasteiger partial charge in [-0.2, -0.15) is 5.10 Å². The van der Waals surface area contributed by atoms with Gasteiger partial charge in [0, 0.05) is 17.6 Å². The standard InChI is InChI=1S/C16H22N4O4/c1-16(2,14-6-4-5-7-15(14)24-3)17-9-13(21)11-19-10-12(8-18-19)20(22)23/h4-8,10,13,17,21H,9,11H2,1-3H3. The lowest BCUT2D eigenvalue weighted by Gasteiger charge is -2.29. The summed E-state index contributed by atoms with van der Waals surface area (Å²) < 4.78 is 6.74. The highest BCUT2D eigenvalue weighted by Crippen LogP contribution is 2.29. The summed E-state index contributed by atoms with van der Waals surface area (Å²) >= 11 is 0. The van der Waals surface area contributed by atoms with Gasteiger partial charge in [0.05, 0.1) is 24.7 Å².